The Labute approximate surface area is 58.0 Å². The molecule has 0 heterocycles. The van der Waals surface area contributed by atoms with Gasteiger partial charge in [0.25, 0.3) is 5.92 Å². The van der Waals surface area contributed by atoms with E-state index in [-0.39, 0.29) is 5.92 Å². The molecule has 0 bridgehead atoms. The highest BCUT2D eigenvalue weighted by Crippen LogP contribution is 2.37. The van der Waals surface area contributed by atoms with Crippen molar-refractivity contribution in [3.8, 4) is 0 Å². The number of alkyl halides is 2. The summed E-state index contributed by atoms with van der Waals surface area (Å²) in [5, 5.41) is 8.21. The summed E-state index contributed by atoms with van der Waals surface area (Å²) in [6, 6.07) is -1.14. The average Bonchev–Trinajstić information content (AvgIpc) is 2.68. The molecule has 0 aliphatic heterocycles. The minimum atomic E-state index is -3.08. The number of nitrogens with two attached hydrogens (primary N) is 1. The van der Waals surface area contributed by atoms with E-state index < -0.39 is 18.6 Å². The van der Waals surface area contributed by atoms with Gasteiger partial charge in [-0.05, 0) is 18.8 Å². The van der Waals surface area contributed by atoms with Crippen LogP contribution in [-0.4, -0.2) is 23.7 Å². The predicted octanol–water partition coefficient (Wildman–Crippen LogP) is 0.351. The van der Waals surface area contributed by atoms with Gasteiger partial charge in [-0.3, -0.25) is 0 Å². The molecule has 0 amide bonds. The molecule has 0 aromatic carbocycles. The molecule has 1 atom stereocenters. The number of aliphatic hydroxyl groups excluding tert-OH is 1. The van der Waals surface area contributed by atoms with Crippen LogP contribution in [0.2, 0.25) is 0 Å². The van der Waals surface area contributed by atoms with E-state index in [9.17, 15) is 8.78 Å². The van der Waals surface area contributed by atoms with Crippen molar-refractivity contribution >= 4 is 0 Å². The largest absolute Gasteiger partial charge is 0.390 e. The van der Waals surface area contributed by atoms with Gasteiger partial charge in [-0.25, -0.2) is 8.78 Å². The summed E-state index contributed by atoms with van der Waals surface area (Å²) in [4.78, 5) is 0. The van der Waals surface area contributed by atoms with Gasteiger partial charge in [0.15, 0.2) is 0 Å². The highest BCUT2D eigenvalue weighted by Gasteiger charge is 2.45. The Kier molecular flexibility index (Phi) is 1.92. The second kappa shape index (κ2) is 2.43. The van der Waals surface area contributed by atoms with E-state index >= 15 is 0 Å². The first-order chi connectivity index (χ1) is 4.58. The van der Waals surface area contributed by atoms with E-state index in [1.807, 2.05) is 0 Å². The molecule has 0 aromatic rings. The van der Waals surface area contributed by atoms with E-state index in [0.717, 1.165) is 12.8 Å². The van der Waals surface area contributed by atoms with Crippen molar-refractivity contribution in [1.82, 2.24) is 0 Å². The molecular weight excluding hydrogens is 140 g/mol. The summed E-state index contributed by atoms with van der Waals surface area (Å²) in [7, 11) is 0. The zero-order valence-electron chi connectivity index (χ0n) is 5.56. The normalized spacial score (nSPS) is 22.8. The predicted molar refractivity (Wildman–Crippen MR) is 32.7 cm³/mol. The molecule has 0 saturated heterocycles. The molecule has 0 spiro atoms. The molecule has 0 aromatic heterocycles. The van der Waals surface area contributed by atoms with Crippen molar-refractivity contribution in [3.63, 3.8) is 0 Å². The molecule has 10 heavy (non-hydrogen) atoms. The minimum absolute atomic E-state index is 0.0675. The summed E-state index contributed by atoms with van der Waals surface area (Å²) >= 11 is 0. The van der Waals surface area contributed by atoms with Crippen molar-refractivity contribution in [1.29, 1.82) is 0 Å². The quantitative estimate of drug-likeness (QED) is 0.611. The molecule has 3 N–H and O–H groups in total. The van der Waals surface area contributed by atoms with Crippen LogP contribution in [-0.2, 0) is 0 Å². The minimum Gasteiger partial charge on any atom is -0.390 e. The Hall–Kier alpha value is -0.220. The van der Waals surface area contributed by atoms with Gasteiger partial charge in [0.1, 0.15) is 6.61 Å². The van der Waals surface area contributed by atoms with Crippen LogP contribution in [0.4, 0.5) is 8.78 Å². The molecule has 4 heteroatoms. The van der Waals surface area contributed by atoms with Gasteiger partial charge in [-0.1, -0.05) is 0 Å². The third-order valence-electron chi connectivity index (χ3n) is 1.83. The lowest BCUT2D eigenvalue weighted by Crippen LogP contribution is -2.45. The zero-order chi connectivity index (χ0) is 7.78. The maximum absolute atomic E-state index is 12.5. The van der Waals surface area contributed by atoms with Crippen molar-refractivity contribution in [2.24, 2.45) is 11.7 Å². The molecule has 0 unspecified atom stereocenters. The first-order valence-electron chi connectivity index (χ1n) is 3.32. The maximum atomic E-state index is 12.5. The monoisotopic (exact) mass is 151 g/mol. The first kappa shape index (κ1) is 7.88. The Balaban J connectivity index is 2.43. The molecule has 2 nitrogen and oxygen atoms in total. The van der Waals surface area contributed by atoms with Gasteiger partial charge in [-0.2, -0.15) is 0 Å². The van der Waals surface area contributed by atoms with Crippen LogP contribution in [0.1, 0.15) is 12.8 Å². The number of hydrogen-bond acceptors (Lipinski definition) is 2. The number of halogens is 2. The fraction of sp³-hybridized carbons (Fsp3) is 1.00. The summed E-state index contributed by atoms with van der Waals surface area (Å²) < 4.78 is 24.9. The van der Waals surface area contributed by atoms with Crippen LogP contribution >= 0.6 is 0 Å². The van der Waals surface area contributed by atoms with E-state index in [4.69, 9.17) is 10.8 Å². The molecule has 60 valence electrons. The lowest BCUT2D eigenvalue weighted by Gasteiger charge is -2.20. The second-order valence-corrected chi connectivity index (χ2v) is 2.78. The SMILES string of the molecule is N[C@H](C1CC1)C(F)(F)CO. The lowest BCUT2D eigenvalue weighted by molar-refractivity contribution is -0.0749. The maximum Gasteiger partial charge on any atom is 0.285 e. The Morgan fingerprint density at radius 1 is 1.60 bits per heavy atom. The van der Waals surface area contributed by atoms with Crippen molar-refractivity contribution in [3.05, 3.63) is 0 Å². The smallest absolute Gasteiger partial charge is 0.285 e. The van der Waals surface area contributed by atoms with Crippen molar-refractivity contribution < 1.29 is 13.9 Å². The molecule has 1 aliphatic carbocycles. The number of aliphatic hydroxyl groups is 1. The van der Waals surface area contributed by atoms with Crippen LogP contribution in [0.25, 0.3) is 0 Å². The van der Waals surface area contributed by atoms with E-state index in [1.54, 1.807) is 0 Å². The van der Waals surface area contributed by atoms with E-state index in [1.165, 1.54) is 0 Å². The highest BCUT2D eigenvalue weighted by atomic mass is 19.3. The fourth-order valence-electron chi connectivity index (χ4n) is 0.906. The van der Waals surface area contributed by atoms with E-state index in [0.29, 0.717) is 0 Å². The van der Waals surface area contributed by atoms with E-state index in [2.05, 4.69) is 0 Å². The van der Waals surface area contributed by atoms with Crippen LogP contribution in [0.5, 0.6) is 0 Å². The zero-order valence-corrected chi connectivity index (χ0v) is 5.56. The second-order valence-electron chi connectivity index (χ2n) is 2.78. The third kappa shape index (κ3) is 1.44. The summed E-state index contributed by atoms with van der Waals surface area (Å²) in [5.74, 6) is -3.15. The lowest BCUT2D eigenvalue weighted by atomic mass is 10.1. The molecule has 1 aliphatic rings. The molecule has 0 radical (unpaired) electrons. The van der Waals surface area contributed by atoms with Gasteiger partial charge < -0.3 is 10.8 Å². The van der Waals surface area contributed by atoms with Crippen molar-refractivity contribution in [2.45, 2.75) is 24.8 Å². The Morgan fingerprint density at radius 2 is 2.10 bits per heavy atom. The van der Waals surface area contributed by atoms with Gasteiger partial charge in [0, 0.05) is 0 Å². The van der Waals surface area contributed by atoms with Crippen LogP contribution in [0.15, 0.2) is 0 Å². The fourth-order valence-corrected chi connectivity index (χ4v) is 0.906. The first-order valence-corrected chi connectivity index (χ1v) is 3.32. The van der Waals surface area contributed by atoms with Gasteiger partial charge in [0.05, 0.1) is 6.04 Å². The summed E-state index contributed by atoms with van der Waals surface area (Å²) in [6.07, 6.45) is 1.55. The Morgan fingerprint density at radius 3 is 2.40 bits per heavy atom. The third-order valence-corrected chi connectivity index (χ3v) is 1.83. The van der Waals surface area contributed by atoms with Gasteiger partial charge >= 0.3 is 0 Å². The van der Waals surface area contributed by atoms with Crippen LogP contribution in [0.3, 0.4) is 0 Å². The standard InChI is InChI=1S/C6H11F2NO/c7-6(8,3-10)5(9)4-1-2-4/h4-5,10H,1-3,9H2/t5-/m1/s1. The highest BCUT2D eigenvalue weighted by molar-refractivity contribution is 4.92. The van der Waals surface area contributed by atoms with Gasteiger partial charge in [0.2, 0.25) is 0 Å². The summed E-state index contributed by atoms with van der Waals surface area (Å²) in [6.45, 7) is -1.13. The average molecular weight is 151 g/mol. The van der Waals surface area contributed by atoms with Crippen LogP contribution in [0, 0.1) is 5.92 Å². The van der Waals surface area contributed by atoms with Gasteiger partial charge in [-0.15, -0.1) is 0 Å². The van der Waals surface area contributed by atoms with Crippen LogP contribution < -0.4 is 5.73 Å². The van der Waals surface area contributed by atoms with Crippen molar-refractivity contribution in [2.75, 3.05) is 6.61 Å². The molecule has 1 fully saturated rings. The topological polar surface area (TPSA) is 46.2 Å². The Bertz CT molecular complexity index is 125. The number of hydrogen-bond donors (Lipinski definition) is 2. The molecule has 1 rings (SSSR count). The molecular formula is C6H11F2NO. The summed E-state index contributed by atoms with van der Waals surface area (Å²) in [5.41, 5.74) is 5.16. The number of rotatable bonds is 3. The molecule has 1 saturated carbocycles.